The van der Waals surface area contributed by atoms with Crippen LogP contribution in [0.4, 0.5) is 0 Å². The molecule has 0 saturated carbocycles. The van der Waals surface area contributed by atoms with Gasteiger partial charge >= 0.3 is 0 Å². The average Bonchev–Trinajstić information content (AvgIpc) is 2.32. The van der Waals surface area contributed by atoms with Crippen molar-refractivity contribution in [1.29, 1.82) is 0 Å². The summed E-state index contributed by atoms with van der Waals surface area (Å²) in [7, 11) is 1.88. The molecule has 1 heterocycles. The molecule has 0 aliphatic heterocycles. The molecule has 1 rings (SSSR count). The molecule has 4 heteroatoms. The predicted octanol–water partition coefficient (Wildman–Crippen LogP) is 3.10. The maximum Gasteiger partial charge on any atom is 0.130 e. The predicted molar refractivity (Wildman–Crippen MR) is 59.7 cm³/mol. The molecule has 1 aromatic heterocycles. The van der Waals surface area contributed by atoms with Crippen molar-refractivity contribution >= 4 is 27.5 Å². The third kappa shape index (κ3) is 2.71. The maximum absolute atomic E-state index is 6.08. The number of halogens is 2. The van der Waals surface area contributed by atoms with Crippen molar-refractivity contribution in [3.63, 3.8) is 0 Å². The summed E-state index contributed by atoms with van der Waals surface area (Å²) < 4.78 is 1.74. The van der Waals surface area contributed by atoms with Crippen LogP contribution in [0.2, 0.25) is 5.15 Å². The van der Waals surface area contributed by atoms with E-state index in [2.05, 4.69) is 21.0 Å². The second-order valence-corrected chi connectivity index (χ2v) is 4.28. The number of alkyl halides is 1. The normalized spacial score (nSPS) is 10.8. The number of nitrogens with zero attached hydrogens (tertiary/aromatic N) is 2. The number of aryl methyl sites for hydroxylation is 2. The van der Waals surface area contributed by atoms with Gasteiger partial charge < -0.3 is 0 Å². The van der Waals surface area contributed by atoms with Crippen molar-refractivity contribution < 1.29 is 0 Å². The van der Waals surface area contributed by atoms with Crippen LogP contribution in [0.1, 0.15) is 24.1 Å². The van der Waals surface area contributed by atoms with Crippen LogP contribution >= 0.6 is 27.5 Å². The van der Waals surface area contributed by atoms with Crippen molar-refractivity contribution in [2.75, 3.05) is 5.33 Å². The number of rotatable bonds is 4. The highest BCUT2D eigenvalue weighted by atomic mass is 79.9. The van der Waals surface area contributed by atoms with Crippen molar-refractivity contribution in [3.8, 4) is 0 Å². The Morgan fingerprint density at radius 2 is 2.15 bits per heavy atom. The highest BCUT2D eigenvalue weighted by molar-refractivity contribution is 9.09. The molecule has 0 radical (unpaired) electrons. The molecule has 0 aliphatic carbocycles. The van der Waals surface area contributed by atoms with Crippen molar-refractivity contribution in [2.24, 2.45) is 7.05 Å². The summed E-state index contributed by atoms with van der Waals surface area (Å²) in [5, 5.41) is 6.11. The van der Waals surface area contributed by atoms with Gasteiger partial charge in [0, 0.05) is 17.9 Å². The van der Waals surface area contributed by atoms with E-state index in [0.29, 0.717) is 0 Å². The summed E-state index contributed by atoms with van der Waals surface area (Å²) in [6.45, 7) is 2.01. The zero-order valence-electron chi connectivity index (χ0n) is 7.98. The molecular weight excluding hydrogens is 251 g/mol. The lowest BCUT2D eigenvalue weighted by Crippen LogP contribution is -1.90. The van der Waals surface area contributed by atoms with Crippen LogP contribution in [0.5, 0.6) is 0 Å². The van der Waals surface area contributed by atoms with Gasteiger partial charge in [-0.2, -0.15) is 5.10 Å². The minimum atomic E-state index is 0.784. The van der Waals surface area contributed by atoms with E-state index >= 15 is 0 Å². The smallest absolute Gasteiger partial charge is 0.130 e. The zero-order chi connectivity index (χ0) is 9.84. The molecule has 0 bridgehead atoms. The Hall–Kier alpha value is -0.0200. The Kier molecular flexibility index (Phi) is 4.26. The molecule has 0 spiro atoms. The van der Waals surface area contributed by atoms with Gasteiger partial charge in [0.05, 0.1) is 5.69 Å². The van der Waals surface area contributed by atoms with Gasteiger partial charge in [-0.05, 0) is 26.2 Å². The first-order valence-corrected chi connectivity index (χ1v) is 5.90. The minimum Gasteiger partial charge on any atom is -0.257 e. The fourth-order valence-corrected chi connectivity index (χ4v) is 2.02. The molecule has 2 nitrogen and oxygen atoms in total. The Bertz CT molecular complexity index is 283. The third-order valence-electron chi connectivity index (χ3n) is 2.08. The Labute approximate surface area is 92.4 Å². The number of hydrogen-bond acceptors (Lipinski definition) is 1. The molecule has 0 aliphatic rings. The second kappa shape index (κ2) is 5.01. The molecule has 0 aromatic carbocycles. The third-order valence-corrected chi connectivity index (χ3v) is 3.11. The van der Waals surface area contributed by atoms with Gasteiger partial charge in [-0.25, -0.2) is 0 Å². The van der Waals surface area contributed by atoms with Crippen LogP contribution < -0.4 is 0 Å². The lowest BCUT2D eigenvalue weighted by molar-refractivity contribution is 0.757. The maximum atomic E-state index is 6.08. The van der Waals surface area contributed by atoms with Gasteiger partial charge in [0.15, 0.2) is 0 Å². The van der Waals surface area contributed by atoms with Gasteiger partial charge in [0.1, 0.15) is 5.15 Å². The summed E-state index contributed by atoms with van der Waals surface area (Å²) in [5.41, 5.74) is 2.26. The molecule has 0 unspecified atom stereocenters. The topological polar surface area (TPSA) is 17.8 Å². The SMILES string of the molecule is Cc1nn(C)c(Cl)c1CCCCBr. The van der Waals surface area contributed by atoms with Crippen LogP contribution in [0.25, 0.3) is 0 Å². The fourth-order valence-electron chi connectivity index (χ4n) is 1.35. The van der Waals surface area contributed by atoms with Gasteiger partial charge in [-0.1, -0.05) is 27.5 Å². The first-order chi connectivity index (χ1) is 6.16. The van der Waals surface area contributed by atoms with Crippen molar-refractivity contribution in [1.82, 2.24) is 9.78 Å². The lowest BCUT2D eigenvalue weighted by Gasteiger charge is -1.98. The quantitative estimate of drug-likeness (QED) is 0.604. The van der Waals surface area contributed by atoms with Gasteiger partial charge in [-0.15, -0.1) is 0 Å². The van der Waals surface area contributed by atoms with E-state index in [-0.39, 0.29) is 0 Å². The van der Waals surface area contributed by atoms with E-state index in [1.54, 1.807) is 4.68 Å². The first kappa shape index (κ1) is 11.1. The van der Waals surface area contributed by atoms with Crippen LogP contribution in [-0.4, -0.2) is 15.1 Å². The first-order valence-electron chi connectivity index (χ1n) is 4.40. The number of unbranched alkanes of at least 4 members (excludes halogenated alkanes) is 1. The van der Waals surface area contributed by atoms with Crippen LogP contribution in [0.15, 0.2) is 0 Å². The molecule has 0 fully saturated rings. The largest absolute Gasteiger partial charge is 0.257 e. The molecule has 1 aromatic rings. The van der Waals surface area contributed by atoms with Gasteiger partial charge in [-0.3, -0.25) is 4.68 Å². The Morgan fingerprint density at radius 3 is 2.62 bits per heavy atom. The molecule has 0 atom stereocenters. The monoisotopic (exact) mass is 264 g/mol. The van der Waals surface area contributed by atoms with E-state index in [1.807, 2.05) is 14.0 Å². The van der Waals surface area contributed by atoms with Crippen molar-refractivity contribution in [3.05, 3.63) is 16.4 Å². The summed E-state index contributed by atoms with van der Waals surface area (Å²) in [6.07, 6.45) is 3.38. The van der Waals surface area contributed by atoms with E-state index in [9.17, 15) is 0 Å². The number of aromatic nitrogens is 2. The van der Waals surface area contributed by atoms with E-state index < -0.39 is 0 Å². The molecule has 0 amide bonds. The van der Waals surface area contributed by atoms with Crippen LogP contribution in [0, 0.1) is 6.92 Å². The van der Waals surface area contributed by atoms with E-state index in [0.717, 1.165) is 29.0 Å². The highest BCUT2D eigenvalue weighted by Crippen LogP contribution is 2.20. The summed E-state index contributed by atoms with van der Waals surface area (Å²) >= 11 is 9.49. The summed E-state index contributed by atoms with van der Waals surface area (Å²) in [5.74, 6) is 0. The lowest BCUT2D eigenvalue weighted by atomic mass is 10.1. The Morgan fingerprint density at radius 1 is 1.46 bits per heavy atom. The summed E-state index contributed by atoms with van der Waals surface area (Å²) in [6, 6.07) is 0. The second-order valence-electron chi connectivity index (χ2n) is 3.12. The van der Waals surface area contributed by atoms with E-state index in [1.165, 1.54) is 12.0 Å². The summed E-state index contributed by atoms with van der Waals surface area (Å²) in [4.78, 5) is 0. The molecular formula is C9H14BrClN2. The fraction of sp³-hybridized carbons (Fsp3) is 0.667. The molecule has 0 saturated heterocycles. The van der Waals surface area contributed by atoms with Crippen LogP contribution in [0.3, 0.4) is 0 Å². The minimum absolute atomic E-state index is 0.784. The highest BCUT2D eigenvalue weighted by Gasteiger charge is 2.09. The molecule has 13 heavy (non-hydrogen) atoms. The zero-order valence-corrected chi connectivity index (χ0v) is 10.3. The number of hydrogen-bond donors (Lipinski definition) is 0. The average molecular weight is 266 g/mol. The van der Waals surface area contributed by atoms with Gasteiger partial charge in [0.2, 0.25) is 0 Å². The molecule has 74 valence electrons. The Balaban J connectivity index is 2.64. The standard InChI is InChI=1S/C9H14BrClN2/c1-7-8(5-3-4-6-10)9(11)13(2)12-7/h3-6H2,1-2H3. The van der Waals surface area contributed by atoms with E-state index in [4.69, 9.17) is 11.6 Å². The van der Waals surface area contributed by atoms with Crippen LogP contribution in [-0.2, 0) is 13.5 Å². The van der Waals surface area contributed by atoms with Crippen molar-refractivity contribution in [2.45, 2.75) is 26.2 Å². The van der Waals surface area contributed by atoms with Gasteiger partial charge in [0.25, 0.3) is 0 Å². The molecule has 0 N–H and O–H groups in total.